The van der Waals surface area contributed by atoms with Crippen LogP contribution in [0.4, 0.5) is 0 Å². The molecular weight excluding hydrogens is 272 g/mol. The van der Waals surface area contributed by atoms with Gasteiger partial charge in [0.2, 0.25) is 0 Å². The number of rotatable bonds is 6. The summed E-state index contributed by atoms with van der Waals surface area (Å²) in [5.41, 5.74) is 0.457. The van der Waals surface area contributed by atoms with Crippen LogP contribution in [0, 0.1) is 0 Å². The van der Waals surface area contributed by atoms with Crippen LogP contribution in [0.2, 0.25) is 0 Å². The predicted octanol–water partition coefficient (Wildman–Crippen LogP) is 2.24. The van der Waals surface area contributed by atoms with E-state index >= 15 is 0 Å². The second-order valence-corrected chi connectivity index (χ2v) is 4.62. The molecule has 0 unspecified atom stereocenters. The van der Waals surface area contributed by atoms with Gasteiger partial charge >= 0.3 is 11.9 Å². The molecule has 5 nitrogen and oxygen atoms in total. The Labute approximate surface area is 123 Å². The fourth-order valence-corrected chi connectivity index (χ4v) is 1.00. The van der Waals surface area contributed by atoms with Crippen LogP contribution in [0.1, 0.15) is 27.7 Å². The van der Waals surface area contributed by atoms with Crippen molar-refractivity contribution >= 4 is 23.5 Å². The van der Waals surface area contributed by atoms with Gasteiger partial charge in [0.05, 0.1) is 0 Å². The second-order valence-electron chi connectivity index (χ2n) is 4.62. The summed E-state index contributed by atoms with van der Waals surface area (Å²) in [6.07, 6.45) is 2.08. The number of hydrogen-bond acceptors (Lipinski definition) is 5. The van der Waals surface area contributed by atoms with Crippen molar-refractivity contribution in [3.8, 4) is 0 Å². The molecule has 0 aromatic heterocycles. The van der Waals surface area contributed by atoms with E-state index in [1.807, 2.05) is 0 Å². The Morgan fingerprint density at radius 1 is 0.714 bits per heavy atom. The van der Waals surface area contributed by atoms with Crippen molar-refractivity contribution in [2.45, 2.75) is 27.7 Å². The molecule has 0 saturated carbocycles. The van der Waals surface area contributed by atoms with Gasteiger partial charge in [-0.25, -0.2) is 9.59 Å². The number of esters is 2. The summed E-state index contributed by atoms with van der Waals surface area (Å²) >= 11 is 0. The maximum atomic E-state index is 11.6. The zero-order chi connectivity index (χ0) is 16.7. The van der Waals surface area contributed by atoms with Gasteiger partial charge in [0.25, 0.3) is 0 Å². The number of ether oxygens (including phenoxy) is 1. The SMILES string of the molecule is C=C(C)C(=O)C=C(C)C(=O)OC(=O)C(C)=CC(=O)C(=C)C. The third kappa shape index (κ3) is 6.42. The summed E-state index contributed by atoms with van der Waals surface area (Å²) < 4.78 is 4.56. The van der Waals surface area contributed by atoms with Crippen LogP contribution >= 0.6 is 0 Å². The molecule has 0 aliphatic heterocycles. The maximum Gasteiger partial charge on any atom is 0.341 e. The molecule has 0 N–H and O–H groups in total. The van der Waals surface area contributed by atoms with E-state index in [4.69, 9.17) is 0 Å². The topological polar surface area (TPSA) is 77.5 Å². The first-order valence-electron chi connectivity index (χ1n) is 6.09. The van der Waals surface area contributed by atoms with Crippen LogP contribution in [-0.2, 0) is 23.9 Å². The van der Waals surface area contributed by atoms with Gasteiger partial charge in [-0.3, -0.25) is 9.59 Å². The summed E-state index contributed by atoms with van der Waals surface area (Å²) in [7, 11) is 0. The van der Waals surface area contributed by atoms with Gasteiger partial charge in [-0.15, -0.1) is 0 Å². The van der Waals surface area contributed by atoms with Crippen LogP contribution < -0.4 is 0 Å². The molecule has 0 heterocycles. The highest BCUT2D eigenvalue weighted by Gasteiger charge is 2.16. The van der Waals surface area contributed by atoms with E-state index in [9.17, 15) is 19.2 Å². The quantitative estimate of drug-likeness (QED) is 0.426. The first-order valence-corrected chi connectivity index (χ1v) is 6.09. The Balaban J connectivity index is 4.91. The number of ketones is 2. The molecule has 0 aliphatic carbocycles. The third-order valence-electron chi connectivity index (χ3n) is 2.37. The number of carbonyl (C=O) groups excluding carboxylic acids is 4. The molecule has 0 fully saturated rings. The summed E-state index contributed by atoms with van der Waals surface area (Å²) in [5.74, 6) is -2.77. The molecule has 0 amide bonds. The Bertz CT molecular complexity index is 536. The average molecular weight is 290 g/mol. The summed E-state index contributed by atoms with van der Waals surface area (Å²) in [6, 6.07) is 0. The van der Waals surface area contributed by atoms with Crippen molar-refractivity contribution in [3.05, 3.63) is 47.6 Å². The predicted molar refractivity (Wildman–Crippen MR) is 78.3 cm³/mol. The van der Waals surface area contributed by atoms with Gasteiger partial charge in [0.1, 0.15) is 0 Å². The van der Waals surface area contributed by atoms with E-state index in [0.717, 1.165) is 12.2 Å². The lowest BCUT2D eigenvalue weighted by Gasteiger charge is -2.03. The molecular formula is C16H18O5. The van der Waals surface area contributed by atoms with E-state index in [1.54, 1.807) is 0 Å². The smallest absolute Gasteiger partial charge is 0.341 e. The fraction of sp³-hybridized carbons (Fsp3) is 0.250. The second kappa shape index (κ2) is 7.89. The molecule has 0 saturated heterocycles. The van der Waals surface area contributed by atoms with Crippen LogP contribution in [0.3, 0.4) is 0 Å². The molecule has 0 spiro atoms. The third-order valence-corrected chi connectivity index (χ3v) is 2.37. The number of allylic oxidation sites excluding steroid dienone is 4. The van der Waals surface area contributed by atoms with E-state index in [-0.39, 0.29) is 22.3 Å². The van der Waals surface area contributed by atoms with Crippen molar-refractivity contribution in [2.75, 3.05) is 0 Å². The summed E-state index contributed by atoms with van der Waals surface area (Å²) in [4.78, 5) is 46.0. The molecule has 0 aromatic rings. The molecule has 0 aliphatic rings. The lowest BCUT2D eigenvalue weighted by molar-refractivity contribution is -0.154. The van der Waals surface area contributed by atoms with E-state index < -0.39 is 23.5 Å². The lowest BCUT2D eigenvalue weighted by atomic mass is 10.1. The lowest BCUT2D eigenvalue weighted by Crippen LogP contribution is -2.15. The van der Waals surface area contributed by atoms with Gasteiger partial charge in [0.15, 0.2) is 11.6 Å². The number of hydrogen-bond donors (Lipinski definition) is 0. The van der Waals surface area contributed by atoms with Crippen LogP contribution in [0.25, 0.3) is 0 Å². The largest absolute Gasteiger partial charge is 0.386 e. The van der Waals surface area contributed by atoms with Gasteiger partial charge in [-0.2, -0.15) is 0 Å². The zero-order valence-electron chi connectivity index (χ0n) is 12.6. The Morgan fingerprint density at radius 3 is 1.24 bits per heavy atom. The Kier molecular flexibility index (Phi) is 6.93. The minimum absolute atomic E-state index is 0.0321. The van der Waals surface area contributed by atoms with E-state index in [0.29, 0.717) is 0 Å². The van der Waals surface area contributed by atoms with Crippen molar-refractivity contribution < 1.29 is 23.9 Å². The van der Waals surface area contributed by atoms with Crippen molar-refractivity contribution in [1.29, 1.82) is 0 Å². The first-order chi connectivity index (χ1) is 9.56. The zero-order valence-corrected chi connectivity index (χ0v) is 12.6. The van der Waals surface area contributed by atoms with Crippen molar-refractivity contribution in [3.63, 3.8) is 0 Å². The fourth-order valence-electron chi connectivity index (χ4n) is 1.00. The van der Waals surface area contributed by atoms with Crippen molar-refractivity contribution in [2.24, 2.45) is 0 Å². The standard InChI is InChI=1S/C16H18O5/c1-9(2)13(17)7-11(5)15(19)21-16(20)12(6)8-14(18)10(3)4/h7-8H,1,3H2,2,4-6H3. The Morgan fingerprint density at radius 2 is 1.00 bits per heavy atom. The normalized spacial score (nSPS) is 11.6. The minimum atomic E-state index is -0.954. The van der Waals surface area contributed by atoms with Gasteiger partial charge < -0.3 is 4.74 Å². The number of carbonyl (C=O) groups is 4. The molecule has 0 bridgehead atoms. The van der Waals surface area contributed by atoms with Gasteiger partial charge in [-0.05, 0) is 51.0 Å². The van der Waals surface area contributed by atoms with Crippen molar-refractivity contribution in [1.82, 2.24) is 0 Å². The molecule has 0 rings (SSSR count). The van der Waals surface area contributed by atoms with E-state index in [1.165, 1.54) is 27.7 Å². The Hall–Kier alpha value is -2.56. The molecule has 0 aromatic carbocycles. The molecule has 5 heteroatoms. The molecule has 0 atom stereocenters. The van der Waals surface area contributed by atoms with Gasteiger partial charge in [-0.1, -0.05) is 13.2 Å². The highest BCUT2D eigenvalue weighted by Crippen LogP contribution is 2.05. The highest BCUT2D eigenvalue weighted by molar-refractivity contribution is 6.11. The molecule has 21 heavy (non-hydrogen) atoms. The van der Waals surface area contributed by atoms with Crippen LogP contribution in [0.5, 0.6) is 0 Å². The minimum Gasteiger partial charge on any atom is -0.386 e. The summed E-state index contributed by atoms with van der Waals surface area (Å²) in [6.45, 7) is 12.6. The van der Waals surface area contributed by atoms with E-state index in [2.05, 4.69) is 17.9 Å². The highest BCUT2D eigenvalue weighted by atomic mass is 16.6. The summed E-state index contributed by atoms with van der Waals surface area (Å²) in [5, 5.41) is 0. The maximum absolute atomic E-state index is 11.6. The average Bonchev–Trinajstić information content (AvgIpc) is 2.37. The molecule has 0 radical (unpaired) electrons. The monoisotopic (exact) mass is 290 g/mol. The van der Waals surface area contributed by atoms with Crippen LogP contribution in [-0.4, -0.2) is 23.5 Å². The van der Waals surface area contributed by atoms with Gasteiger partial charge in [0, 0.05) is 11.1 Å². The van der Waals surface area contributed by atoms with Crippen LogP contribution in [0.15, 0.2) is 47.6 Å². The molecule has 112 valence electrons. The first kappa shape index (κ1) is 18.4.